The topological polar surface area (TPSA) is 102 Å². The number of aliphatic hydroxyl groups excluding tert-OH is 1. The Morgan fingerprint density at radius 2 is 1.21 bits per heavy atom. The zero-order valence-electron chi connectivity index (χ0n) is 41.5. The fraction of sp³-hybridized carbons (Fsp3) is 0.483. The Morgan fingerprint density at radius 1 is 0.652 bits per heavy atom. The average Bonchev–Trinajstić information content (AvgIpc) is 3.34. The quantitative estimate of drug-likeness (QED) is 0.0550. The smallest absolute Gasteiger partial charge is 0.224 e. The molecule has 0 saturated carbocycles. The van der Waals surface area contributed by atoms with Crippen LogP contribution in [0.25, 0.3) is 5.57 Å². The Kier molecular flexibility index (Phi) is 20.3. The number of rotatable bonds is 26. The Morgan fingerprint density at radius 3 is 1.77 bits per heavy atom. The fourth-order valence-corrected chi connectivity index (χ4v) is 8.94. The van der Waals surface area contributed by atoms with Gasteiger partial charge in [0.25, 0.3) is 0 Å². The predicted octanol–water partition coefficient (Wildman–Crippen LogP) is 14.2. The Balaban J connectivity index is 1.62. The Bertz CT molecular complexity index is 2280. The van der Waals surface area contributed by atoms with Crippen molar-refractivity contribution >= 4 is 51.6 Å². The van der Waals surface area contributed by atoms with E-state index >= 15 is 0 Å². The van der Waals surface area contributed by atoms with Crippen molar-refractivity contribution in [2.75, 3.05) is 23.3 Å². The summed E-state index contributed by atoms with van der Waals surface area (Å²) in [6, 6.07) is 23.4. The van der Waals surface area contributed by atoms with Gasteiger partial charge in [-0.1, -0.05) is 125 Å². The van der Waals surface area contributed by atoms with E-state index in [0.29, 0.717) is 34.4 Å². The van der Waals surface area contributed by atoms with Crippen molar-refractivity contribution in [3.63, 3.8) is 0 Å². The number of nitrogens with one attached hydrogen (secondary N) is 2. The molecule has 2 aliphatic carbocycles. The standard InChI is InChI=1S/C58H78N4O4/c1-9-17-21-41(13-5)39-61(45-29-25-43(26-30-45)23-19-11-3)47-33-35-49(51(37-47)59-53(63)15-7)55-57(65)56(58(55)66)50-36-34-48(38-52(50)60-54(64)16-8)62(40-42(14-6)22-18-10-2)46-31-27-44(28-32-46)24-20-12-4/h25-38,41-42H,9-24,39-40H2,1-8H3,(H2,59,60,63,64,65,66)/p+1. The summed E-state index contributed by atoms with van der Waals surface area (Å²) in [5.74, 6) is 0.0385. The van der Waals surface area contributed by atoms with Crippen molar-refractivity contribution in [1.29, 1.82) is 0 Å². The monoisotopic (exact) mass is 896 g/mol. The number of carbonyl (C=O) groups excluding carboxylic acids is 3. The van der Waals surface area contributed by atoms with Crippen LogP contribution in [0, 0.1) is 11.8 Å². The Hall–Kier alpha value is -5.50. The summed E-state index contributed by atoms with van der Waals surface area (Å²) in [5.41, 5.74) is 8.72. The molecule has 3 aromatic carbocycles. The van der Waals surface area contributed by atoms with Gasteiger partial charge in [-0.25, -0.2) is 0 Å². The first-order valence-corrected chi connectivity index (χ1v) is 25.5. The number of nitrogens with zero attached hydrogens (tertiary/aromatic N) is 2. The number of aryl methyl sites for hydroxylation is 2. The fourth-order valence-electron chi connectivity index (χ4n) is 8.94. The summed E-state index contributed by atoms with van der Waals surface area (Å²) in [7, 11) is 0. The molecular weight excluding hydrogens is 817 g/mol. The van der Waals surface area contributed by atoms with Gasteiger partial charge in [0.1, 0.15) is 5.76 Å². The van der Waals surface area contributed by atoms with Crippen LogP contribution in [-0.2, 0) is 27.2 Å². The predicted molar refractivity (Wildman–Crippen MR) is 276 cm³/mol. The number of Topliss-reactive ketones (excluding diaryl/α,β-unsaturated/α-hetero) is 1. The minimum absolute atomic E-state index is 0.146. The molecule has 0 bridgehead atoms. The van der Waals surface area contributed by atoms with E-state index in [1.165, 1.54) is 11.1 Å². The second kappa shape index (κ2) is 26.0. The number of hydrogen-bond donors (Lipinski definition) is 3. The van der Waals surface area contributed by atoms with E-state index in [2.05, 4.69) is 110 Å². The first-order chi connectivity index (χ1) is 32.0. The molecule has 3 aromatic rings. The summed E-state index contributed by atoms with van der Waals surface area (Å²) >= 11 is 0. The maximum absolute atomic E-state index is 14.6. The lowest BCUT2D eigenvalue weighted by Gasteiger charge is -2.31. The van der Waals surface area contributed by atoms with Gasteiger partial charge in [0, 0.05) is 72.1 Å². The molecular formula is C58H79N4O4+. The van der Waals surface area contributed by atoms with Crippen LogP contribution in [0.15, 0.2) is 108 Å². The van der Waals surface area contributed by atoms with Crippen molar-refractivity contribution < 1.29 is 24.1 Å². The lowest BCUT2D eigenvalue weighted by atomic mass is 9.78. The normalized spacial score (nSPS) is 16.4. The van der Waals surface area contributed by atoms with Crippen molar-refractivity contribution in [3.05, 3.63) is 124 Å². The van der Waals surface area contributed by atoms with E-state index in [0.717, 1.165) is 126 Å². The molecule has 0 aliphatic heterocycles. The first-order valence-electron chi connectivity index (χ1n) is 25.5. The number of carbonyl (C=O) groups is 3. The number of unbranched alkanes of at least 4 members (excludes halogenated alkanes) is 4. The number of allylic oxidation sites excluding steroid dienone is 5. The molecule has 66 heavy (non-hydrogen) atoms. The molecule has 8 nitrogen and oxygen atoms in total. The van der Waals surface area contributed by atoms with Gasteiger partial charge in [-0.2, -0.15) is 4.58 Å². The molecule has 0 radical (unpaired) electrons. The second-order valence-electron chi connectivity index (χ2n) is 18.3. The minimum atomic E-state index is -0.345. The van der Waals surface area contributed by atoms with E-state index < -0.39 is 0 Å². The highest BCUT2D eigenvalue weighted by Gasteiger charge is 2.40. The molecule has 0 fully saturated rings. The van der Waals surface area contributed by atoms with Gasteiger partial charge >= 0.3 is 0 Å². The molecule has 0 heterocycles. The van der Waals surface area contributed by atoms with Gasteiger partial charge in [-0.05, 0) is 98.4 Å². The van der Waals surface area contributed by atoms with Crippen LogP contribution in [0.3, 0.4) is 0 Å². The van der Waals surface area contributed by atoms with Gasteiger partial charge in [0.05, 0.1) is 22.5 Å². The first kappa shape index (κ1) is 51.5. The van der Waals surface area contributed by atoms with E-state index in [1.54, 1.807) is 13.8 Å². The van der Waals surface area contributed by atoms with Crippen LogP contribution in [0.5, 0.6) is 0 Å². The molecule has 354 valence electrons. The summed E-state index contributed by atoms with van der Waals surface area (Å²) in [5, 5.41) is 18.2. The van der Waals surface area contributed by atoms with Gasteiger partial charge in [0.15, 0.2) is 6.54 Å². The van der Waals surface area contributed by atoms with E-state index in [4.69, 9.17) is 0 Å². The highest BCUT2D eigenvalue weighted by Crippen LogP contribution is 2.44. The number of ketones is 1. The van der Waals surface area contributed by atoms with Gasteiger partial charge < -0.3 is 20.6 Å². The third-order valence-electron chi connectivity index (χ3n) is 13.4. The Labute approximate surface area is 397 Å². The van der Waals surface area contributed by atoms with Crippen molar-refractivity contribution in [2.45, 2.75) is 158 Å². The average molecular weight is 896 g/mol. The van der Waals surface area contributed by atoms with Gasteiger partial charge in [-0.3, -0.25) is 14.4 Å². The molecule has 2 amide bonds. The highest BCUT2D eigenvalue weighted by atomic mass is 16.3. The molecule has 0 spiro atoms. The maximum Gasteiger partial charge on any atom is 0.224 e. The van der Waals surface area contributed by atoms with Crippen LogP contribution < -0.4 is 15.5 Å². The molecule has 0 saturated heterocycles. The van der Waals surface area contributed by atoms with Crippen molar-refractivity contribution in [2.24, 2.45) is 11.8 Å². The molecule has 2 aliphatic rings. The maximum atomic E-state index is 14.6. The molecule has 8 heteroatoms. The number of amides is 2. The van der Waals surface area contributed by atoms with Crippen molar-refractivity contribution in [1.82, 2.24) is 5.32 Å². The number of hydrogen-bond acceptors (Lipinski definition) is 5. The zero-order valence-corrected chi connectivity index (χ0v) is 41.5. The summed E-state index contributed by atoms with van der Waals surface area (Å²) < 4.78 is 2.33. The molecule has 2 atom stereocenters. The summed E-state index contributed by atoms with van der Waals surface area (Å²) in [6.45, 7) is 18.6. The van der Waals surface area contributed by atoms with Crippen LogP contribution in [0.4, 0.5) is 22.7 Å². The highest BCUT2D eigenvalue weighted by molar-refractivity contribution is 6.40. The van der Waals surface area contributed by atoms with Crippen LogP contribution in [-0.4, -0.2) is 46.1 Å². The molecule has 3 N–H and O–H groups in total. The summed E-state index contributed by atoms with van der Waals surface area (Å²) in [6.07, 6.45) is 21.9. The largest absolute Gasteiger partial charge is 0.506 e. The number of anilines is 3. The van der Waals surface area contributed by atoms with E-state index in [9.17, 15) is 19.5 Å². The lowest BCUT2D eigenvalue weighted by molar-refractivity contribution is -0.448. The third kappa shape index (κ3) is 13.3. The van der Waals surface area contributed by atoms with Gasteiger partial charge in [0.2, 0.25) is 29.0 Å². The van der Waals surface area contributed by atoms with Crippen LogP contribution in [0.1, 0.15) is 162 Å². The SMILES string of the molecule is CCCCc1ccc(N(CC(CC)CCCC)c2ccc(C3=C(O)/C(=C4\C=CC(=[N+](CC(CC)CCCC)c5ccc(CCCC)cc5)C=C4NC(=O)CC)C3=O)c(NC(=O)CC)c2)cc1. The molecule has 5 rings (SSSR count). The minimum Gasteiger partial charge on any atom is -0.506 e. The van der Waals surface area contributed by atoms with Gasteiger partial charge in [-0.15, -0.1) is 0 Å². The van der Waals surface area contributed by atoms with Crippen LogP contribution in [0.2, 0.25) is 0 Å². The molecule has 2 unspecified atom stereocenters. The van der Waals surface area contributed by atoms with E-state index in [1.807, 2.05) is 36.4 Å². The summed E-state index contributed by atoms with van der Waals surface area (Å²) in [4.78, 5) is 43.2. The third-order valence-corrected chi connectivity index (χ3v) is 13.4. The lowest BCUT2D eigenvalue weighted by Crippen LogP contribution is -2.31. The van der Waals surface area contributed by atoms with Crippen molar-refractivity contribution in [3.8, 4) is 0 Å². The van der Waals surface area contributed by atoms with Crippen LogP contribution >= 0.6 is 0 Å². The number of benzene rings is 3. The van der Waals surface area contributed by atoms with E-state index in [-0.39, 0.29) is 47.3 Å². The second-order valence-corrected chi connectivity index (χ2v) is 18.3. The molecule has 0 aromatic heterocycles. The number of aliphatic hydroxyl groups is 1. The zero-order chi connectivity index (χ0) is 47.6.